The summed E-state index contributed by atoms with van der Waals surface area (Å²) in [6.07, 6.45) is 7.19. The van der Waals surface area contributed by atoms with Gasteiger partial charge in [0.15, 0.2) is 5.76 Å². The van der Waals surface area contributed by atoms with Crippen LogP contribution >= 0.6 is 0 Å². The van der Waals surface area contributed by atoms with Gasteiger partial charge in [0, 0.05) is 6.42 Å². The van der Waals surface area contributed by atoms with Crippen LogP contribution in [0.15, 0.2) is 57.7 Å². The Balaban J connectivity index is 1.35. The Kier molecular flexibility index (Phi) is 5.56. The SMILES string of the molecule is O=C(CCCCCCc1ccccc1)c1noc(-c2ccco2)n1. The number of hydrogen-bond acceptors (Lipinski definition) is 5. The van der Waals surface area contributed by atoms with Crippen molar-refractivity contribution in [2.45, 2.75) is 38.5 Å². The molecule has 24 heavy (non-hydrogen) atoms. The maximum atomic E-state index is 12.1. The Morgan fingerprint density at radius 3 is 2.58 bits per heavy atom. The quantitative estimate of drug-likeness (QED) is 0.421. The molecule has 0 saturated heterocycles. The number of nitrogens with zero attached hydrogens (tertiary/aromatic N) is 2. The average Bonchev–Trinajstić information content (AvgIpc) is 3.29. The fourth-order valence-electron chi connectivity index (χ4n) is 2.56. The molecule has 0 aliphatic rings. The van der Waals surface area contributed by atoms with E-state index >= 15 is 0 Å². The van der Waals surface area contributed by atoms with Gasteiger partial charge in [-0.1, -0.05) is 48.3 Å². The molecule has 0 bridgehead atoms. The minimum atomic E-state index is -0.0837. The second-order valence-electron chi connectivity index (χ2n) is 5.72. The number of aromatic nitrogens is 2. The van der Waals surface area contributed by atoms with Gasteiger partial charge in [-0.05, 0) is 37.0 Å². The van der Waals surface area contributed by atoms with Crippen LogP contribution in [-0.2, 0) is 6.42 Å². The lowest BCUT2D eigenvalue weighted by molar-refractivity contribution is 0.0966. The van der Waals surface area contributed by atoms with Crippen molar-refractivity contribution in [3.05, 3.63) is 60.1 Å². The molecule has 0 spiro atoms. The topological polar surface area (TPSA) is 69.1 Å². The number of unbranched alkanes of at least 4 members (excludes halogenated alkanes) is 3. The third kappa shape index (κ3) is 4.41. The summed E-state index contributed by atoms with van der Waals surface area (Å²) in [7, 11) is 0. The average molecular weight is 324 g/mol. The molecular formula is C19H20N2O3. The van der Waals surface area contributed by atoms with Crippen LogP contribution in [0.2, 0.25) is 0 Å². The van der Waals surface area contributed by atoms with Gasteiger partial charge < -0.3 is 8.94 Å². The summed E-state index contributed by atoms with van der Waals surface area (Å²) >= 11 is 0. The Morgan fingerprint density at radius 2 is 1.79 bits per heavy atom. The first kappa shape index (κ1) is 16.2. The Morgan fingerprint density at radius 1 is 0.958 bits per heavy atom. The minimum Gasteiger partial charge on any atom is -0.459 e. The van der Waals surface area contributed by atoms with Gasteiger partial charge >= 0.3 is 0 Å². The lowest BCUT2D eigenvalue weighted by Gasteiger charge is -2.01. The number of aryl methyl sites for hydroxylation is 1. The van der Waals surface area contributed by atoms with E-state index in [0.717, 1.165) is 32.1 Å². The molecule has 0 N–H and O–H groups in total. The summed E-state index contributed by atoms with van der Waals surface area (Å²) in [5.41, 5.74) is 1.37. The van der Waals surface area contributed by atoms with E-state index in [9.17, 15) is 4.79 Å². The van der Waals surface area contributed by atoms with Gasteiger partial charge in [0.1, 0.15) is 0 Å². The third-order valence-electron chi connectivity index (χ3n) is 3.87. The molecular weight excluding hydrogens is 304 g/mol. The lowest BCUT2D eigenvalue weighted by Crippen LogP contribution is -2.01. The number of carbonyl (C=O) groups is 1. The van der Waals surface area contributed by atoms with Gasteiger partial charge in [0.2, 0.25) is 11.6 Å². The molecule has 3 aromatic rings. The monoisotopic (exact) mass is 324 g/mol. The molecule has 0 fully saturated rings. The second kappa shape index (κ2) is 8.24. The molecule has 0 radical (unpaired) electrons. The largest absolute Gasteiger partial charge is 0.459 e. The lowest BCUT2D eigenvalue weighted by atomic mass is 10.0. The molecule has 3 rings (SSSR count). The van der Waals surface area contributed by atoms with Gasteiger partial charge in [-0.25, -0.2) is 0 Å². The summed E-state index contributed by atoms with van der Waals surface area (Å²) in [4.78, 5) is 16.2. The predicted octanol–water partition coefficient (Wildman–Crippen LogP) is 4.71. The molecule has 0 atom stereocenters. The number of furan rings is 1. The van der Waals surface area contributed by atoms with Crippen molar-refractivity contribution < 1.29 is 13.7 Å². The van der Waals surface area contributed by atoms with E-state index in [1.54, 1.807) is 12.1 Å². The van der Waals surface area contributed by atoms with E-state index in [2.05, 4.69) is 34.4 Å². The zero-order valence-corrected chi connectivity index (χ0v) is 13.5. The van der Waals surface area contributed by atoms with Gasteiger partial charge in [0.05, 0.1) is 6.26 Å². The number of ketones is 1. The van der Waals surface area contributed by atoms with Crippen LogP contribution in [0.4, 0.5) is 0 Å². The van der Waals surface area contributed by atoms with Crippen molar-refractivity contribution in [3.63, 3.8) is 0 Å². The van der Waals surface area contributed by atoms with Crippen molar-refractivity contribution in [1.29, 1.82) is 0 Å². The standard InChI is InChI=1S/C19H20N2O3/c22-16(18-20-19(24-21-18)17-13-8-14-23-17)12-7-2-1-4-9-15-10-5-3-6-11-15/h3,5-6,8,10-11,13-14H,1-2,4,7,9,12H2. The van der Waals surface area contributed by atoms with Crippen molar-refractivity contribution in [2.75, 3.05) is 0 Å². The summed E-state index contributed by atoms with van der Waals surface area (Å²) in [6, 6.07) is 13.9. The van der Waals surface area contributed by atoms with Crippen molar-refractivity contribution in [1.82, 2.24) is 10.1 Å². The van der Waals surface area contributed by atoms with Crippen LogP contribution in [0, 0.1) is 0 Å². The molecule has 5 nitrogen and oxygen atoms in total. The molecule has 5 heteroatoms. The van der Waals surface area contributed by atoms with Crippen molar-refractivity contribution >= 4 is 5.78 Å². The van der Waals surface area contributed by atoms with Gasteiger partial charge in [-0.15, -0.1) is 0 Å². The molecule has 2 aromatic heterocycles. The number of rotatable bonds is 9. The third-order valence-corrected chi connectivity index (χ3v) is 3.87. The highest BCUT2D eigenvalue weighted by molar-refractivity contribution is 5.92. The van der Waals surface area contributed by atoms with E-state index < -0.39 is 0 Å². The van der Waals surface area contributed by atoms with Crippen LogP contribution in [0.5, 0.6) is 0 Å². The minimum absolute atomic E-state index is 0.0837. The normalized spacial score (nSPS) is 10.8. The Bertz CT molecular complexity index is 748. The number of carbonyl (C=O) groups excluding carboxylic acids is 1. The molecule has 2 heterocycles. The van der Waals surface area contributed by atoms with Crippen LogP contribution in [0.1, 0.15) is 48.3 Å². The molecule has 0 aliphatic heterocycles. The number of hydrogen-bond donors (Lipinski definition) is 0. The second-order valence-corrected chi connectivity index (χ2v) is 5.72. The summed E-state index contributed by atoms with van der Waals surface area (Å²) in [5, 5.41) is 3.73. The fraction of sp³-hybridized carbons (Fsp3) is 0.316. The number of benzene rings is 1. The van der Waals surface area contributed by atoms with E-state index in [1.807, 2.05) is 6.07 Å². The smallest absolute Gasteiger partial charge is 0.294 e. The van der Waals surface area contributed by atoms with Crippen LogP contribution in [-0.4, -0.2) is 15.9 Å². The fourth-order valence-corrected chi connectivity index (χ4v) is 2.56. The molecule has 0 saturated carbocycles. The summed E-state index contributed by atoms with van der Waals surface area (Å²) in [5.74, 6) is 0.763. The molecule has 0 aliphatic carbocycles. The van der Waals surface area contributed by atoms with E-state index in [4.69, 9.17) is 8.94 Å². The maximum Gasteiger partial charge on any atom is 0.294 e. The Labute approximate surface area is 140 Å². The highest BCUT2D eigenvalue weighted by atomic mass is 16.5. The number of Topliss-reactive ketones (excluding diaryl/α,β-unsaturated/α-hetero) is 1. The van der Waals surface area contributed by atoms with Gasteiger partial charge in [-0.3, -0.25) is 4.79 Å². The predicted molar refractivity (Wildman–Crippen MR) is 89.6 cm³/mol. The first-order chi connectivity index (χ1) is 11.8. The van der Waals surface area contributed by atoms with Crippen LogP contribution in [0.3, 0.4) is 0 Å². The van der Waals surface area contributed by atoms with E-state index in [-0.39, 0.29) is 17.5 Å². The molecule has 124 valence electrons. The highest BCUT2D eigenvalue weighted by Crippen LogP contribution is 2.18. The molecule has 0 unspecified atom stereocenters. The highest BCUT2D eigenvalue weighted by Gasteiger charge is 2.16. The summed E-state index contributed by atoms with van der Waals surface area (Å²) < 4.78 is 10.2. The zero-order valence-electron chi connectivity index (χ0n) is 13.5. The Hall–Kier alpha value is -2.69. The van der Waals surface area contributed by atoms with E-state index in [1.165, 1.54) is 11.8 Å². The van der Waals surface area contributed by atoms with Crippen molar-refractivity contribution in [3.8, 4) is 11.7 Å². The molecule has 0 amide bonds. The molecule has 1 aromatic carbocycles. The van der Waals surface area contributed by atoms with Gasteiger partial charge in [0.25, 0.3) is 5.89 Å². The van der Waals surface area contributed by atoms with Crippen LogP contribution < -0.4 is 0 Å². The van der Waals surface area contributed by atoms with Crippen molar-refractivity contribution in [2.24, 2.45) is 0 Å². The zero-order chi connectivity index (χ0) is 16.6. The first-order valence-corrected chi connectivity index (χ1v) is 8.27. The van der Waals surface area contributed by atoms with E-state index in [0.29, 0.717) is 12.2 Å². The van der Waals surface area contributed by atoms with Crippen LogP contribution in [0.25, 0.3) is 11.7 Å². The van der Waals surface area contributed by atoms with Gasteiger partial charge in [-0.2, -0.15) is 4.98 Å². The first-order valence-electron chi connectivity index (χ1n) is 8.27. The maximum absolute atomic E-state index is 12.1. The summed E-state index contributed by atoms with van der Waals surface area (Å²) in [6.45, 7) is 0.